The lowest BCUT2D eigenvalue weighted by Crippen LogP contribution is -2.34. The first kappa shape index (κ1) is 15.2. The fraction of sp³-hybridized carbons (Fsp3) is 0.429. The Labute approximate surface area is 113 Å². The molecule has 1 aromatic rings. The molecule has 0 aliphatic rings. The number of carbonyl (C=O) groups is 2. The third kappa shape index (κ3) is 4.71. The SMILES string of the molecule is CCC(N)C(=O)Nc1ccc(C(=O)OC(C)C)cc1. The summed E-state index contributed by atoms with van der Waals surface area (Å²) in [6.45, 7) is 5.42. The van der Waals surface area contributed by atoms with Gasteiger partial charge in [0.1, 0.15) is 0 Å². The molecule has 1 atom stereocenters. The molecule has 0 aliphatic carbocycles. The zero-order chi connectivity index (χ0) is 14.4. The van der Waals surface area contributed by atoms with Crippen molar-refractivity contribution < 1.29 is 14.3 Å². The van der Waals surface area contributed by atoms with Crippen LogP contribution in [0.5, 0.6) is 0 Å². The third-order valence-corrected chi connectivity index (χ3v) is 2.51. The number of amides is 1. The van der Waals surface area contributed by atoms with Crippen molar-refractivity contribution in [2.24, 2.45) is 5.73 Å². The second-order valence-electron chi connectivity index (χ2n) is 4.54. The summed E-state index contributed by atoms with van der Waals surface area (Å²) in [5.41, 5.74) is 6.67. The van der Waals surface area contributed by atoms with E-state index in [1.165, 1.54) is 0 Å². The molecule has 1 unspecified atom stereocenters. The van der Waals surface area contributed by atoms with Crippen molar-refractivity contribution in [3.63, 3.8) is 0 Å². The number of ether oxygens (including phenoxy) is 1. The maximum atomic E-state index is 11.6. The van der Waals surface area contributed by atoms with Gasteiger partial charge in [-0.05, 0) is 44.5 Å². The Hall–Kier alpha value is -1.88. The van der Waals surface area contributed by atoms with Crippen LogP contribution in [0.25, 0.3) is 0 Å². The van der Waals surface area contributed by atoms with Crippen molar-refractivity contribution in [2.45, 2.75) is 39.3 Å². The molecule has 3 N–H and O–H groups in total. The van der Waals surface area contributed by atoms with Crippen LogP contribution in [-0.4, -0.2) is 24.0 Å². The number of hydrogen-bond donors (Lipinski definition) is 2. The topological polar surface area (TPSA) is 81.4 Å². The predicted octanol–water partition coefficient (Wildman–Crippen LogP) is 1.93. The molecular weight excluding hydrogens is 244 g/mol. The summed E-state index contributed by atoms with van der Waals surface area (Å²) in [5, 5.41) is 2.68. The zero-order valence-corrected chi connectivity index (χ0v) is 11.5. The van der Waals surface area contributed by atoms with Gasteiger partial charge in [0.05, 0.1) is 17.7 Å². The van der Waals surface area contributed by atoms with Crippen molar-refractivity contribution in [3.05, 3.63) is 29.8 Å². The monoisotopic (exact) mass is 264 g/mol. The van der Waals surface area contributed by atoms with Crippen LogP contribution in [0.3, 0.4) is 0 Å². The van der Waals surface area contributed by atoms with E-state index in [0.29, 0.717) is 17.7 Å². The number of benzene rings is 1. The summed E-state index contributed by atoms with van der Waals surface area (Å²) in [7, 11) is 0. The number of nitrogens with one attached hydrogen (secondary N) is 1. The highest BCUT2D eigenvalue weighted by molar-refractivity contribution is 5.95. The van der Waals surface area contributed by atoms with E-state index in [2.05, 4.69) is 5.32 Å². The number of hydrogen-bond acceptors (Lipinski definition) is 4. The van der Waals surface area contributed by atoms with Crippen LogP contribution in [0, 0.1) is 0 Å². The molecule has 0 heterocycles. The largest absolute Gasteiger partial charge is 0.459 e. The second kappa shape index (κ2) is 6.89. The Kier molecular flexibility index (Phi) is 5.51. The predicted molar refractivity (Wildman–Crippen MR) is 73.9 cm³/mol. The minimum absolute atomic E-state index is 0.158. The molecule has 5 nitrogen and oxygen atoms in total. The van der Waals surface area contributed by atoms with Gasteiger partial charge in [-0.15, -0.1) is 0 Å². The molecule has 0 saturated carbocycles. The average Bonchev–Trinajstić information content (AvgIpc) is 2.37. The molecule has 1 rings (SSSR count). The zero-order valence-electron chi connectivity index (χ0n) is 11.5. The highest BCUT2D eigenvalue weighted by atomic mass is 16.5. The normalized spacial score (nSPS) is 12.1. The summed E-state index contributed by atoms with van der Waals surface area (Å²) in [6.07, 6.45) is 0.416. The summed E-state index contributed by atoms with van der Waals surface area (Å²) < 4.78 is 5.07. The van der Waals surface area contributed by atoms with Gasteiger partial charge < -0.3 is 15.8 Å². The van der Waals surface area contributed by atoms with Crippen molar-refractivity contribution in [2.75, 3.05) is 5.32 Å². The standard InChI is InChI=1S/C14H20N2O3/c1-4-12(15)13(17)16-11-7-5-10(6-8-11)14(18)19-9(2)3/h5-9,12H,4,15H2,1-3H3,(H,16,17). The van der Waals surface area contributed by atoms with Gasteiger partial charge in [0.2, 0.25) is 5.91 Å². The lowest BCUT2D eigenvalue weighted by atomic mass is 10.2. The van der Waals surface area contributed by atoms with Gasteiger partial charge in [0.15, 0.2) is 0 Å². The van der Waals surface area contributed by atoms with E-state index in [1.54, 1.807) is 38.1 Å². The Morgan fingerprint density at radius 2 is 1.84 bits per heavy atom. The van der Waals surface area contributed by atoms with Crippen LogP contribution in [-0.2, 0) is 9.53 Å². The van der Waals surface area contributed by atoms with Crippen molar-refractivity contribution in [1.82, 2.24) is 0 Å². The number of nitrogens with two attached hydrogens (primary N) is 1. The Morgan fingerprint density at radius 1 is 1.26 bits per heavy atom. The van der Waals surface area contributed by atoms with Gasteiger partial charge in [-0.3, -0.25) is 4.79 Å². The molecule has 1 amide bonds. The van der Waals surface area contributed by atoms with Gasteiger partial charge in [-0.2, -0.15) is 0 Å². The number of esters is 1. The van der Waals surface area contributed by atoms with Crippen LogP contribution in [0.15, 0.2) is 24.3 Å². The molecule has 0 aliphatic heterocycles. The highest BCUT2D eigenvalue weighted by Crippen LogP contribution is 2.11. The van der Waals surface area contributed by atoms with Crippen LogP contribution in [0.1, 0.15) is 37.6 Å². The van der Waals surface area contributed by atoms with E-state index in [9.17, 15) is 9.59 Å². The fourth-order valence-electron chi connectivity index (χ4n) is 1.39. The minimum Gasteiger partial charge on any atom is -0.459 e. The molecule has 0 fully saturated rings. The van der Waals surface area contributed by atoms with Crippen molar-refractivity contribution >= 4 is 17.6 Å². The van der Waals surface area contributed by atoms with E-state index >= 15 is 0 Å². The number of anilines is 1. The van der Waals surface area contributed by atoms with Crippen LogP contribution in [0.2, 0.25) is 0 Å². The summed E-state index contributed by atoms with van der Waals surface area (Å²) in [6, 6.07) is 6.00. The van der Waals surface area contributed by atoms with E-state index in [0.717, 1.165) is 0 Å². The lowest BCUT2D eigenvalue weighted by Gasteiger charge is -2.11. The smallest absolute Gasteiger partial charge is 0.338 e. The first-order valence-corrected chi connectivity index (χ1v) is 6.31. The van der Waals surface area contributed by atoms with Gasteiger partial charge in [-0.25, -0.2) is 4.79 Å². The molecule has 5 heteroatoms. The lowest BCUT2D eigenvalue weighted by molar-refractivity contribution is -0.117. The molecule has 0 bridgehead atoms. The van der Waals surface area contributed by atoms with Crippen LogP contribution in [0.4, 0.5) is 5.69 Å². The van der Waals surface area contributed by atoms with Gasteiger partial charge >= 0.3 is 5.97 Å². The quantitative estimate of drug-likeness (QED) is 0.796. The summed E-state index contributed by atoms with van der Waals surface area (Å²) in [5.74, 6) is -0.613. The van der Waals surface area contributed by atoms with E-state index in [-0.39, 0.29) is 18.0 Å². The minimum atomic E-state index is -0.523. The number of rotatable bonds is 5. The van der Waals surface area contributed by atoms with E-state index < -0.39 is 6.04 Å². The Balaban J connectivity index is 2.66. The van der Waals surface area contributed by atoms with Crippen molar-refractivity contribution in [3.8, 4) is 0 Å². The summed E-state index contributed by atoms with van der Waals surface area (Å²) in [4.78, 5) is 23.2. The molecule has 0 spiro atoms. The fourth-order valence-corrected chi connectivity index (χ4v) is 1.39. The van der Waals surface area contributed by atoms with E-state index in [4.69, 9.17) is 10.5 Å². The van der Waals surface area contributed by atoms with Crippen molar-refractivity contribution in [1.29, 1.82) is 0 Å². The summed E-state index contributed by atoms with van der Waals surface area (Å²) >= 11 is 0. The Morgan fingerprint density at radius 3 is 2.32 bits per heavy atom. The first-order valence-electron chi connectivity index (χ1n) is 6.31. The molecule has 0 radical (unpaired) electrons. The molecule has 0 saturated heterocycles. The third-order valence-electron chi connectivity index (χ3n) is 2.51. The van der Waals surface area contributed by atoms with Crippen LogP contribution < -0.4 is 11.1 Å². The molecule has 104 valence electrons. The highest BCUT2D eigenvalue weighted by Gasteiger charge is 2.12. The molecule has 1 aromatic carbocycles. The first-order chi connectivity index (χ1) is 8.93. The van der Waals surface area contributed by atoms with Gasteiger partial charge in [0, 0.05) is 5.69 Å². The van der Waals surface area contributed by atoms with E-state index in [1.807, 2.05) is 6.92 Å². The number of carbonyl (C=O) groups excluding carboxylic acids is 2. The van der Waals surface area contributed by atoms with Crippen LogP contribution >= 0.6 is 0 Å². The average molecular weight is 264 g/mol. The molecular formula is C14H20N2O3. The maximum Gasteiger partial charge on any atom is 0.338 e. The second-order valence-corrected chi connectivity index (χ2v) is 4.54. The Bertz CT molecular complexity index is 441. The van der Waals surface area contributed by atoms with Gasteiger partial charge in [-0.1, -0.05) is 6.92 Å². The maximum absolute atomic E-state index is 11.6. The molecule has 0 aromatic heterocycles. The van der Waals surface area contributed by atoms with Gasteiger partial charge in [0.25, 0.3) is 0 Å². The molecule has 19 heavy (non-hydrogen) atoms.